The van der Waals surface area contributed by atoms with Crippen molar-refractivity contribution in [2.45, 2.75) is 62.2 Å². The van der Waals surface area contributed by atoms with Crippen molar-refractivity contribution >= 4 is 40.6 Å². The number of amides is 2. The molecule has 4 fully saturated rings. The zero-order valence-electron chi connectivity index (χ0n) is 23.1. The number of halogens is 4. The Morgan fingerprint density at radius 3 is 2.37 bits per heavy atom. The highest BCUT2D eigenvalue weighted by Crippen LogP contribution is 2.58. The van der Waals surface area contributed by atoms with Crippen LogP contribution < -0.4 is 16.0 Å². The summed E-state index contributed by atoms with van der Waals surface area (Å²) in [6.07, 6.45) is 5.12. The molecule has 1 heterocycles. The van der Waals surface area contributed by atoms with Crippen LogP contribution in [0.3, 0.4) is 0 Å². The average molecular weight is 608 g/mol. The molecule has 0 radical (unpaired) electrons. The molecular weight excluding hydrogens is 579 g/mol. The molecule has 4 bridgehead atoms. The van der Waals surface area contributed by atoms with Gasteiger partial charge >= 0.3 is 12.1 Å². The first-order chi connectivity index (χ1) is 20.5. The molecule has 2 amide bonds. The molecule has 43 heavy (non-hydrogen) atoms. The lowest BCUT2D eigenvalue weighted by Crippen LogP contribution is -2.67. The Kier molecular flexibility index (Phi) is 6.54. The van der Waals surface area contributed by atoms with Crippen molar-refractivity contribution < 1.29 is 22.8 Å². The third-order valence-electron chi connectivity index (χ3n) is 9.31. The molecule has 2 atom stereocenters. The number of aromatic nitrogens is 2. The van der Waals surface area contributed by atoms with Gasteiger partial charge in [0.1, 0.15) is 0 Å². The molecule has 3 aromatic rings. The van der Waals surface area contributed by atoms with Gasteiger partial charge in [-0.3, -0.25) is 9.59 Å². The van der Waals surface area contributed by atoms with E-state index >= 15 is 0 Å². The molecule has 5 aliphatic carbocycles. The summed E-state index contributed by atoms with van der Waals surface area (Å²) >= 11 is 6.60. The second-order valence-corrected chi connectivity index (χ2v) is 12.9. The number of nitrogens with one attached hydrogen (secondary N) is 3. The third kappa shape index (κ3) is 5.26. The lowest BCUT2D eigenvalue weighted by molar-refractivity contribution is -0.167. The van der Waals surface area contributed by atoms with Gasteiger partial charge in [-0.1, -0.05) is 41.9 Å². The molecule has 222 valence electrons. The minimum atomic E-state index is -4.99. The first kappa shape index (κ1) is 27.9. The number of nitrogens with zero attached hydrogens (tertiary/aromatic N) is 2. The van der Waals surface area contributed by atoms with Gasteiger partial charge in [-0.2, -0.15) is 13.2 Å². The topological polar surface area (TPSA) is 96.0 Å². The van der Waals surface area contributed by atoms with Crippen LogP contribution >= 0.6 is 11.6 Å². The van der Waals surface area contributed by atoms with Crippen molar-refractivity contribution in [1.82, 2.24) is 15.3 Å². The minimum absolute atomic E-state index is 0.0315. The molecule has 5 aliphatic rings. The first-order valence-corrected chi connectivity index (χ1v) is 14.8. The Hall–Kier alpha value is -3.92. The van der Waals surface area contributed by atoms with Crippen molar-refractivity contribution in [2.24, 2.45) is 11.8 Å². The highest BCUT2D eigenvalue weighted by atomic mass is 35.5. The van der Waals surface area contributed by atoms with Crippen LogP contribution in [0.5, 0.6) is 0 Å². The lowest BCUT2D eigenvalue weighted by Gasteiger charge is -2.62. The Morgan fingerprint density at radius 1 is 0.953 bits per heavy atom. The summed E-state index contributed by atoms with van der Waals surface area (Å²) in [7, 11) is 0. The zero-order chi connectivity index (χ0) is 30.0. The van der Waals surface area contributed by atoms with Crippen LogP contribution in [0.25, 0.3) is 5.57 Å². The molecule has 0 spiro atoms. The van der Waals surface area contributed by atoms with Gasteiger partial charge in [0.15, 0.2) is 0 Å². The van der Waals surface area contributed by atoms with Crippen LogP contribution in [0.1, 0.15) is 65.7 Å². The zero-order valence-corrected chi connectivity index (χ0v) is 23.9. The van der Waals surface area contributed by atoms with Crippen LogP contribution in [0, 0.1) is 11.8 Å². The number of allylic oxidation sites excluding steroid dienone is 1. The Morgan fingerprint density at radius 2 is 1.65 bits per heavy atom. The molecule has 11 heteroatoms. The number of anilines is 2. The molecule has 2 unspecified atom stereocenters. The summed E-state index contributed by atoms with van der Waals surface area (Å²) < 4.78 is 37.8. The second kappa shape index (κ2) is 10.1. The van der Waals surface area contributed by atoms with E-state index in [9.17, 15) is 22.8 Å². The van der Waals surface area contributed by atoms with Gasteiger partial charge in [-0.05, 0) is 92.2 Å². The van der Waals surface area contributed by atoms with E-state index < -0.39 is 17.6 Å². The monoisotopic (exact) mass is 607 g/mol. The van der Waals surface area contributed by atoms with Crippen LogP contribution in [-0.2, 0) is 11.2 Å². The molecule has 2 aromatic carbocycles. The molecule has 0 saturated heterocycles. The van der Waals surface area contributed by atoms with Crippen molar-refractivity contribution in [3.63, 3.8) is 0 Å². The Labute approximate surface area is 251 Å². The van der Waals surface area contributed by atoms with E-state index in [2.05, 4.69) is 33.8 Å². The average Bonchev–Trinajstić information content (AvgIpc) is 3.37. The number of hydrogen-bond acceptors (Lipinski definition) is 5. The molecule has 3 N–H and O–H groups in total. The largest absolute Gasteiger partial charge is 0.471 e. The predicted molar refractivity (Wildman–Crippen MR) is 157 cm³/mol. The molecule has 4 saturated carbocycles. The van der Waals surface area contributed by atoms with E-state index in [0.29, 0.717) is 40.5 Å². The smallest absolute Gasteiger partial charge is 0.349 e. The normalized spacial score (nSPS) is 26.9. The number of benzene rings is 2. The van der Waals surface area contributed by atoms with Gasteiger partial charge in [0, 0.05) is 27.9 Å². The first-order valence-electron chi connectivity index (χ1n) is 14.4. The summed E-state index contributed by atoms with van der Waals surface area (Å²) in [6.45, 7) is 0. The molecule has 8 rings (SSSR count). The predicted octanol–water partition coefficient (Wildman–Crippen LogP) is 6.55. The number of fused-ring (bicyclic) bond motifs is 1. The van der Waals surface area contributed by atoms with Crippen molar-refractivity contribution in [2.75, 3.05) is 10.6 Å². The van der Waals surface area contributed by atoms with Crippen LogP contribution in [0.2, 0.25) is 5.02 Å². The molecule has 1 aromatic heterocycles. The van der Waals surface area contributed by atoms with Gasteiger partial charge in [0.2, 0.25) is 5.95 Å². The number of alkyl halides is 3. The highest BCUT2D eigenvalue weighted by Gasteiger charge is 2.58. The molecule has 0 aliphatic heterocycles. The van der Waals surface area contributed by atoms with Crippen molar-refractivity contribution in [1.29, 1.82) is 0 Å². The van der Waals surface area contributed by atoms with Gasteiger partial charge in [0.25, 0.3) is 5.91 Å². The summed E-state index contributed by atoms with van der Waals surface area (Å²) in [5, 5.41) is 9.28. The van der Waals surface area contributed by atoms with E-state index in [1.807, 2.05) is 12.1 Å². The van der Waals surface area contributed by atoms with E-state index in [1.165, 1.54) is 29.8 Å². The maximum Gasteiger partial charge on any atom is 0.471 e. The third-order valence-corrected chi connectivity index (χ3v) is 9.59. The van der Waals surface area contributed by atoms with Crippen molar-refractivity contribution in [3.05, 3.63) is 88.2 Å². The quantitative estimate of drug-likeness (QED) is 0.295. The summed E-state index contributed by atoms with van der Waals surface area (Å²) in [5.41, 5.74) is 3.66. The fourth-order valence-electron chi connectivity index (χ4n) is 8.14. The fraction of sp³-hybridized carbons (Fsp3) is 0.375. The van der Waals surface area contributed by atoms with Crippen LogP contribution in [0.4, 0.5) is 24.8 Å². The highest BCUT2D eigenvalue weighted by molar-refractivity contribution is 6.32. The maximum absolute atomic E-state index is 13.4. The number of rotatable bonds is 6. The minimum Gasteiger partial charge on any atom is -0.349 e. The Bertz CT molecular complexity index is 1640. The number of hydrogen-bond donors (Lipinski definition) is 3. The summed E-state index contributed by atoms with van der Waals surface area (Å²) in [4.78, 5) is 34.1. The lowest BCUT2D eigenvalue weighted by atomic mass is 9.50. The standard InChI is InChI=1S/C32H29ClF3N5O2/c33-25-16-37-29(39-26(25)24-10-7-20-3-1-2-4-23(20)24)41-31-14-18-11-19(15-31)13-30(12-18,17-31)40-27(42)21-5-8-22(9-6-21)38-28(43)32(34,35)36/h1-6,8-10,16,18-19H,7,11-15,17H2,(H,38,43)(H,40,42)(H,37,39,41). The molecular formula is C32H29ClF3N5O2. The second-order valence-electron chi connectivity index (χ2n) is 12.5. The Balaban J connectivity index is 1.09. The fourth-order valence-corrected chi connectivity index (χ4v) is 8.33. The van der Waals surface area contributed by atoms with Gasteiger partial charge in [-0.25, -0.2) is 9.97 Å². The van der Waals surface area contributed by atoms with Crippen LogP contribution in [-0.4, -0.2) is 39.0 Å². The van der Waals surface area contributed by atoms with Gasteiger partial charge in [0.05, 0.1) is 16.9 Å². The van der Waals surface area contributed by atoms with E-state index in [1.54, 1.807) is 11.5 Å². The maximum atomic E-state index is 13.4. The van der Waals surface area contributed by atoms with Gasteiger partial charge in [-0.15, -0.1) is 0 Å². The number of carbonyl (C=O) groups excluding carboxylic acids is 2. The number of carbonyl (C=O) groups is 2. The summed E-state index contributed by atoms with van der Waals surface area (Å²) in [6, 6.07) is 13.7. The van der Waals surface area contributed by atoms with E-state index in [4.69, 9.17) is 16.6 Å². The van der Waals surface area contributed by atoms with E-state index in [0.717, 1.165) is 49.7 Å². The van der Waals surface area contributed by atoms with Crippen molar-refractivity contribution in [3.8, 4) is 0 Å². The van der Waals surface area contributed by atoms with E-state index in [-0.39, 0.29) is 17.1 Å². The SMILES string of the molecule is O=C(NC12CC3CC(C1)CC(Nc1ncc(Cl)c(C4=CCc5ccccc54)n1)(C3)C2)c1ccc(NC(=O)C(F)(F)F)cc1. The van der Waals surface area contributed by atoms with Crippen LogP contribution in [0.15, 0.2) is 60.8 Å². The van der Waals surface area contributed by atoms with Gasteiger partial charge < -0.3 is 16.0 Å². The summed E-state index contributed by atoms with van der Waals surface area (Å²) in [5.74, 6) is -0.958. The molecule has 7 nitrogen and oxygen atoms in total.